The van der Waals surface area contributed by atoms with Gasteiger partial charge in [0.2, 0.25) is 0 Å². The van der Waals surface area contributed by atoms with E-state index in [1.165, 1.54) is 4.90 Å². The molecule has 0 saturated carbocycles. The fraction of sp³-hybridized carbons (Fsp3) is 1.00. The Balaban J connectivity index is 2.99. The van der Waals surface area contributed by atoms with Crippen LogP contribution >= 0.6 is 11.6 Å². The van der Waals surface area contributed by atoms with Gasteiger partial charge in [0, 0.05) is 0 Å². The Labute approximate surface area is 42.3 Å². The summed E-state index contributed by atoms with van der Waals surface area (Å²) in [5, 5.41) is 8.32. The molecule has 2 nitrogen and oxygen atoms in total. The van der Waals surface area contributed by atoms with Crippen LogP contribution in [-0.2, 0) is 0 Å². The van der Waals surface area contributed by atoms with Crippen molar-refractivity contribution in [2.24, 2.45) is 0 Å². The van der Waals surface area contributed by atoms with E-state index < -0.39 is 5.69 Å². The summed E-state index contributed by atoms with van der Waals surface area (Å²) >= 11 is 5.09. The molecule has 1 N–H and O–H groups in total. The van der Waals surface area contributed by atoms with Crippen molar-refractivity contribution in [2.75, 3.05) is 14.1 Å². The van der Waals surface area contributed by atoms with E-state index in [4.69, 9.17) is 16.7 Å². The smallest absolute Gasteiger partial charge is 0.184 e. The number of aliphatic hydroxyl groups excluding tert-OH is 1. The van der Waals surface area contributed by atoms with Gasteiger partial charge in [-0.3, -0.25) is 4.90 Å². The molecule has 1 atom stereocenters. The van der Waals surface area contributed by atoms with Gasteiger partial charge >= 0.3 is 0 Å². The van der Waals surface area contributed by atoms with Gasteiger partial charge in [-0.25, -0.2) is 0 Å². The average molecular weight is 110 g/mol. The third kappa shape index (κ3) is 2.45. The van der Waals surface area contributed by atoms with Gasteiger partial charge < -0.3 is 5.11 Å². The Morgan fingerprint density at radius 2 is 1.83 bits per heavy atom. The predicted octanol–water partition coefficient (Wildman–Crippen LogP) is 0.0627. The van der Waals surface area contributed by atoms with Crippen LogP contribution in [0, 0.1) is 0 Å². The fourth-order valence-corrected chi connectivity index (χ4v) is 0. The quantitative estimate of drug-likeness (QED) is 0.293. The van der Waals surface area contributed by atoms with E-state index in [9.17, 15) is 0 Å². The summed E-state index contributed by atoms with van der Waals surface area (Å²) in [6, 6.07) is 0. The third-order valence-corrected chi connectivity index (χ3v) is 0.816. The number of halogens is 1. The van der Waals surface area contributed by atoms with Crippen LogP contribution in [-0.4, -0.2) is 29.8 Å². The molecule has 0 aromatic rings. The van der Waals surface area contributed by atoms with Crippen LogP contribution in [0.3, 0.4) is 0 Å². The Morgan fingerprint density at radius 1 is 1.67 bits per heavy atom. The summed E-state index contributed by atoms with van der Waals surface area (Å²) in [6.07, 6.45) is 0. The molecule has 38 valence electrons. The second-order valence-electron chi connectivity index (χ2n) is 1.27. The topological polar surface area (TPSA) is 23.5 Å². The van der Waals surface area contributed by atoms with Crippen LogP contribution in [0.15, 0.2) is 0 Å². The highest BCUT2D eigenvalue weighted by atomic mass is 35.5. The van der Waals surface area contributed by atoms with E-state index in [-0.39, 0.29) is 0 Å². The maximum Gasteiger partial charge on any atom is 0.184 e. The SMILES string of the molecule is CN(C)C(O)Cl. The first-order valence-electron chi connectivity index (χ1n) is 1.63. The molecular weight excluding hydrogens is 101 g/mol. The van der Waals surface area contributed by atoms with Crippen LogP contribution in [0.4, 0.5) is 0 Å². The van der Waals surface area contributed by atoms with Crippen molar-refractivity contribution in [1.82, 2.24) is 4.90 Å². The van der Waals surface area contributed by atoms with Gasteiger partial charge in [-0.15, -0.1) is 0 Å². The minimum absolute atomic E-state index is 0.843. The Hall–Kier alpha value is 0.210. The van der Waals surface area contributed by atoms with E-state index in [0.29, 0.717) is 0 Å². The number of rotatable bonds is 1. The molecule has 6 heavy (non-hydrogen) atoms. The van der Waals surface area contributed by atoms with Crippen LogP contribution in [0.25, 0.3) is 0 Å². The third-order valence-electron chi connectivity index (χ3n) is 0.426. The van der Waals surface area contributed by atoms with Crippen molar-refractivity contribution in [3.8, 4) is 0 Å². The number of hydrogen-bond acceptors (Lipinski definition) is 2. The lowest BCUT2D eigenvalue weighted by atomic mass is 10.9. The van der Waals surface area contributed by atoms with E-state index in [0.717, 1.165) is 0 Å². The van der Waals surface area contributed by atoms with Crippen LogP contribution in [0.1, 0.15) is 0 Å². The maximum atomic E-state index is 8.32. The molecule has 0 radical (unpaired) electrons. The maximum absolute atomic E-state index is 8.32. The van der Waals surface area contributed by atoms with E-state index in [1.54, 1.807) is 14.1 Å². The molecule has 0 spiro atoms. The van der Waals surface area contributed by atoms with Gasteiger partial charge in [0.05, 0.1) is 0 Å². The highest BCUT2D eigenvalue weighted by Crippen LogP contribution is 1.89. The van der Waals surface area contributed by atoms with Crippen molar-refractivity contribution in [1.29, 1.82) is 0 Å². The standard InChI is InChI=1S/C3H8ClNO/c1-5(2)3(4)6/h3,6H,1-2H3. The van der Waals surface area contributed by atoms with Gasteiger partial charge in [-0.2, -0.15) is 0 Å². The van der Waals surface area contributed by atoms with E-state index >= 15 is 0 Å². The molecule has 0 aromatic heterocycles. The zero-order valence-electron chi connectivity index (χ0n) is 3.85. The molecule has 0 bridgehead atoms. The van der Waals surface area contributed by atoms with Crippen LogP contribution < -0.4 is 0 Å². The second-order valence-corrected chi connectivity index (χ2v) is 1.66. The van der Waals surface area contributed by atoms with Crippen LogP contribution in [0.5, 0.6) is 0 Å². The number of hydrogen-bond donors (Lipinski definition) is 1. The molecule has 1 unspecified atom stereocenters. The summed E-state index contributed by atoms with van der Waals surface area (Å²) in [4.78, 5) is 1.49. The number of aliphatic hydroxyl groups is 1. The summed E-state index contributed by atoms with van der Waals surface area (Å²) in [5.74, 6) is 0. The van der Waals surface area contributed by atoms with Crippen LogP contribution in [0.2, 0.25) is 0 Å². The lowest BCUT2D eigenvalue weighted by Crippen LogP contribution is -2.20. The Kier molecular flexibility index (Phi) is 2.48. The molecule has 0 aliphatic rings. The molecule has 0 fully saturated rings. The molecule has 0 amide bonds. The number of nitrogens with zero attached hydrogens (tertiary/aromatic N) is 1. The van der Waals surface area contributed by atoms with Gasteiger partial charge in [-0.05, 0) is 14.1 Å². The van der Waals surface area contributed by atoms with E-state index in [1.807, 2.05) is 0 Å². The zero-order chi connectivity index (χ0) is 5.15. The first-order chi connectivity index (χ1) is 2.64. The van der Waals surface area contributed by atoms with Gasteiger partial charge in [0.1, 0.15) is 0 Å². The van der Waals surface area contributed by atoms with Crippen molar-refractivity contribution in [2.45, 2.75) is 5.69 Å². The average Bonchev–Trinajstić information content (AvgIpc) is 1.36. The zero-order valence-corrected chi connectivity index (χ0v) is 4.61. The summed E-state index contributed by atoms with van der Waals surface area (Å²) < 4.78 is 0. The molecule has 0 aromatic carbocycles. The minimum Gasteiger partial charge on any atom is -0.365 e. The summed E-state index contributed by atoms with van der Waals surface area (Å²) in [6.45, 7) is 0. The monoisotopic (exact) mass is 109 g/mol. The molecule has 0 aliphatic heterocycles. The first-order valence-corrected chi connectivity index (χ1v) is 2.07. The molecule has 3 heteroatoms. The van der Waals surface area contributed by atoms with Crippen molar-refractivity contribution in [3.05, 3.63) is 0 Å². The highest BCUT2D eigenvalue weighted by Gasteiger charge is 1.95. The van der Waals surface area contributed by atoms with Crippen molar-refractivity contribution >= 4 is 11.6 Å². The lowest BCUT2D eigenvalue weighted by Gasteiger charge is -2.08. The second kappa shape index (κ2) is 2.39. The Bertz CT molecular complexity index is 31.8. The van der Waals surface area contributed by atoms with Gasteiger partial charge in [-0.1, -0.05) is 11.6 Å². The molecule has 0 rings (SSSR count). The minimum atomic E-state index is -0.843. The van der Waals surface area contributed by atoms with Gasteiger partial charge in [0.25, 0.3) is 0 Å². The first kappa shape index (κ1) is 6.21. The summed E-state index contributed by atoms with van der Waals surface area (Å²) in [5.41, 5.74) is -0.843. The van der Waals surface area contributed by atoms with E-state index in [2.05, 4.69) is 0 Å². The molecule has 0 aliphatic carbocycles. The fourth-order valence-electron chi connectivity index (χ4n) is 0. The largest absolute Gasteiger partial charge is 0.365 e. The number of alkyl halides is 1. The lowest BCUT2D eigenvalue weighted by molar-refractivity contribution is 0.115. The normalized spacial score (nSPS) is 15.5. The molecule has 0 saturated heterocycles. The Morgan fingerprint density at radius 3 is 1.83 bits per heavy atom. The predicted molar refractivity (Wildman–Crippen MR) is 25.5 cm³/mol. The van der Waals surface area contributed by atoms with Gasteiger partial charge in [0.15, 0.2) is 5.69 Å². The highest BCUT2D eigenvalue weighted by molar-refractivity contribution is 6.19. The van der Waals surface area contributed by atoms with Crippen molar-refractivity contribution < 1.29 is 5.11 Å². The molecule has 0 heterocycles. The van der Waals surface area contributed by atoms with Crippen molar-refractivity contribution in [3.63, 3.8) is 0 Å². The molecular formula is C3H8ClNO. The summed E-state index contributed by atoms with van der Waals surface area (Å²) in [7, 11) is 3.38.